The van der Waals surface area contributed by atoms with E-state index in [-0.39, 0.29) is 19.8 Å². The highest BCUT2D eigenvalue weighted by molar-refractivity contribution is 5.88. The maximum absolute atomic E-state index is 13.2. The van der Waals surface area contributed by atoms with Crippen LogP contribution >= 0.6 is 0 Å². The molecule has 3 rings (SSSR count). The van der Waals surface area contributed by atoms with Crippen molar-refractivity contribution in [2.45, 2.75) is 58.5 Å². The molecule has 1 amide bonds. The number of carbonyl (C=O) groups is 3. The molecule has 0 bridgehead atoms. The molecular formula is C26H31NO6. The van der Waals surface area contributed by atoms with Crippen LogP contribution < -0.4 is 0 Å². The molecule has 2 aromatic carbocycles. The third kappa shape index (κ3) is 7.07. The van der Waals surface area contributed by atoms with Gasteiger partial charge in [0, 0.05) is 6.54 Å². The van der Waals surface area contributed by atoms with Crippen LogP contribution in [0.1, 0.15) is 44.7 Å². The Bertz CT molecular complexity index is 938. The monoisotopic (exact) mass is 453 g/mol. The molecule has 1 aliphatic rings. The number of hydrogen-bond donors (Lipinski definition) is 0. The zero-order valence-corrected chi connectivity index (χ0v) is 19.4. The van der Waals surface area contributed by atoms with Crippen molar-refractivity contribution in [3.63, 3.8) is 0 Å². The Morgan fingerprint density at radius 3 is 1.94 bits per heavy atom. The lowest BCUT2D eigenvalue weighted by Crippen LogP contribution is -2.56. The van der Waals surface area contributed by atoms with E-state index in [2.05, 4.69) is 0 Å². The van der Waals surface area contributed by atoms with Gasteiger partial charge in [-0.3, -0.25) is 9.69 Å². The Hall–Kier alpha value is -3.35. The van der Waals surface area contributed by atoms with E-state index in [4.69, 9.17) is 14.2 Å². The van der Waals surface area contributed by atoms with Gasteiger partial charge in [0.05, 0.1) is 5.92 Å². The first-order valence-corrected chi connectivity index (χ1v) is 11.2. The first-order chi connectivity index (χ1) is 15.7. The molecule has 33 heavy (non-hydrogen) atoms. The second-order valence-corrected chi connectivity index (χ2v) is 9.05. The van der Waals surface area contributed by atoms with Crippen LogP contribution in [-0.4, -0.2) is 41.1 Å². The molecule has 1 fully saturated rings. The highest BCUT2D eigenvalue weighted by Crippen LogP contribution is 2.29. The molecule has 0 spiro atoms. The number of rotatable bonds is 6. The van der Waals surface area contributed by atoms with Crippen LogP contribution in [0.5, 0.6) is 0 Å². The van der Waals surface area contributed by atoms with E-state index >= 15 is 0 Å². The topological polar surface area (TPSA) is 82.1 Å². The van der Waals surface area contributed by atoms with Gasteiger partial charge in [-0.2, -0.15) is 0 Å². The zero-order valence-electron chi connectivity index (χ0n) is 19.4. The number of hydrogen-bond acceptors (Lipinski definition) is 6. The van der Waals surface area contributed by atoms with Crippen molar-refractivity contribution < 1.29 is 28.6 Å². The van der Waals surface area contributed by atoms with Crippen molar-refractivity contribution >= 4 is 18.0 Å². The van der Waals surface area contributed by atoms with E-state index in [1.54, 1.807) is 20.8 Å². The average molecular weight is 454 g/mol. The number of amides is 1. The number of ether oxygens (including phenoxy) is 3. The SMILES string of the molecule is CC(C)(C)OC(=O)C1CCCN(C(=O)OCc2ccccc2)C1C(=O)OCc1ccccc1. The Morgan fingerprint density at radius 2 is 1.39 bits per heavy atom. The average Bonchev–Trinajstić information content (AvgIpc) is 2.80. The molecule has 1 aliphatic heterocycles. The van der Waals surface area contributed by atoms with Gasteiger partial charge in [-0.05, 0) is 44.7 Å². The van der Waals surface area contributed by atoms with Crippen LogP contribution in [0.2, 0.25) is 0 Å². The molecule has 7 heteroatoms. The van der Waals surface area contributed by atoms with Crippen molar-refractivity contribution in [3.8, 4) is 0 Å². The Morgan fingerprint density at radius 1 is 0.848 bits per heavy atom. The van der Waals surface area contributed by atoms with Crippen LogP contribution in [-0.2, 0) is 37.0 Å². The van der Waals surface area contributed by atoms with Gasteiger partial charge in [-0.1, -0.05) is 60.7 Å². The standard InChI is InChI=1S/C26H31NO6/c1-26(2,3)33-23(28)21-15-10-16-27(25(30)32-18-20-13-8-5-9-14-20)22(21)24(29)31-17-19-11-6-4-7-12-19/h4-9,11-14,21-22H,10,15-18H2,1-3H3. The molecule has 7 nitrogen and oxygen atoms in total. The van der Waals surface area contributed by atoms with Crippen LogP contribution in [0.25, 0.3) is 0 Å². The van der Waals surface area contributed by atoms with Crippen LogP contribution in [0.3, 0.4) is 0 Å². The minimum Gasteiger partial charge on any atom is -0.460 e. The first kappa shape index (κ1) is 24.3. The van der Waals surface area contributed by atoms with Gasteiger partial charge in [0.1, 0.15) is 24.9 Å². The predicted octanol–water partition coefficient (Wildman–Crippen LogP) is 4.49. The number of likely N-dealkylation sites (tertiary alicyclic amines) is 1. The Kier molecular flexibility index (Phi) is 8.09. The molecule has 0 N–H and O–H groups in total. The van der Waals surface area contributed by atoms with Crippen molar-refractivity contribution in [1.82, 2.24) is 4.90 Å². The molecule has 0 aliphatic carbocycles. The van der Waals surface area contributed by atoms with Crippen molar-refractivity contribution in [3.05, 3.63) is 71.8 Å². The molecule has 2 aromatic rings. The molecular weight excluding hydrogens is 422 g/mol. The lowest BCUT2D eigenvalue weighted by molar-refractivity contribution is -0.171. The summed E-state index contributed by atoms with van der Waals surface area (Å²) < 4.78 is 16.5. The summed E-state index contributed by atoms with van der Waals surface area (Å²) in [7, 11) is 0. The smallest absolute Gasteiger partial charge is 0.410 e. The van der Waals surface area contributed by atoms with Gasteiger partial charge in [-0.15, -0.1) is 0 Å². The number of piperidine rings is 1. The fourth-order valence-corrected chi connectivity index (χ4v) is 3.73. The van der Waals surface area contributed by atoms with Gasteiger partial charge < -0.3 is 14.2 Å². The fourth-order valence-electron chi connectivity index (χ4n) is 3.73. The highest BCUT2D eigenvalue weighted by atomic mass is 16.6. The van der Waals surface area contributed by atoms with Gasteiger partial charge in [0.25, 0.3) is 0 Å². The van der Waals surface area contributed by atoms with E-state index in [0.717, 1.165) is 11.1 Å². The summed E-state index contributed by atoms with van der Waals surface area (Å²) in [5.74, 6) is -2.00. The Labute approximate surface area is 194 Å². The largest absolute Gasteiger partial charge is 0.460 e. The number of carbonyl (C=O) groups excluding carboxylic acids is 3. The normalized spacial score (nSPS) is 18.3. The molecule has 176 valence electrons. The molecule has 0 aromatic heterocycles. The third-order valence-electron chi connectivity index (χ3n) is 5.25. The van der Waals surface area contributed by atoms with Gasteiger partial charge in [-0.25, -0.2) is 9.59 Å². The molecule has 1 saturated heterocycles. The molecule has 0 radical (unpaired) electrons. The molecule has 2 unspecified atom stereocenters. The summed E-state index contributed by atoms with van der Waals surface area (Å²) in [5, 5.41) is 0. The summed E-state index contributed by atoms with van der Waals surface area (Å²) in [6.07, 6.45) is 0.309. The zero-order chi connectivity index (χ0) is 23.8. The number of nitrogens with zero attached hydrogens (tertiary/aromatic N) is 1. The van der Waals surface area contributed by atoms with E-state index in [1.165, 1.54) is 4.90 Å². The van der Waals surface area contributed by atoms with Crippen molar-refractivity contribution in [1.29, 1.82) is 0 Å². The predicted molar refractivity (Wildman–Crippen MR) is 122 cm³/mol. The summed E-state index contributed by atoms with van der Waals surface area (Å²) in [5.41, 5.74) is 0.925. The Balaban J connectivity index is 1.76. The molecule has 0 saturated carbocycles. The van der Waals surface area contributed by atoms with Crippen LogP contribution in [0, 0.1) is 5.92 Å². The highest BCUT2D eigenvalue weighted by Gasteiger charge is 2.46. The second kappa shape index (κ2) is 11.0. The fraction of sp³-hybridized carbons (Fsp3) is 0.423. The van der Waals surface area contributed by atoms with E-state index in [1.807, 2.05) is 60.7 Å². The summed E-state index contributed by atoms with van der Waals surface area (Å²) in [6, 6.07) is 17.4. The first-order valence-electron chi connectivity index (χ1n) is 11.2. The quantitative estimate of drug-likeness (QED) is 0.474. The van der Waals surface area contributed by atoms with Crippen LogP contribution in [0.15, 0.2) is 60.7 Å². The summed E-state index contributed by atoms with van der Waals surface area (Å²) >= 11 is 0. The van der Waals surface area contributed by atoms with Crippen molar-refractivity contribution in [2.75, 3.05) is 6.54 Å². The number of benzene rings is 2. The van der Waals surface area contributed by atoms with Gasteiger partial charge in [0.15, 0.2) is 0 Å². The maximum Gasteiger partial charge on any atom is 0.410 e. The third-order valence-corrected chi connectivity index (χ3v) is 5.25. The summed E-state index contributed by atoms with van der Waals surface area (Å²) in [6.45, 7) is 5.70. The van der Waals surface area contributed by atoms with E-state index < -0.39 is 35.6 Å². The molecule has 2 atom stereocenters. The van der Waals surface area contributed by atoms with Crippen molar-refractivity contribution in [2.24, 2.45) is 5.92 Å². The van der Waals surface area contributed by atoms with E-state index in [0.29, 0.717) is 12.8 Å². The summed E-state index contributed by atoms with van der Waals surface area (Å²) in [4.78, 5) is 40.4. The minimum atomic E-state index is -1.11. The number of esters is 2. The molecule has 1 heterocycles. The van der Waals surface area contributed by atoms with Gasteiger partial charge in [0.2, 0.25) is 0 Å². The lowest BCUT2D eigenvalue weighted by atomic mass is 9.89. The van der Waals surface area contributed by atoms with Gasteiger partial charge >= 0.3 is 18.0 Å². The minimum absolute atomic E-state index is 0.0457. The maximum atomic E-state index is 13.2. The van der Waals surface area contributed by atoms with Crippen LogP contribution in [0.4, 0.5) is 4.79 Å². The van der Waals surface area contributed by atoms with E-state index in [9.17, 15) is 14.4 Å². The second-order valence-electron chi connectivity index (χ2n) is 9.05. The lowest BCUT2D eigenvalue weighted by Gasteiger charge is -2.38.